The second-order valence-electron chi connectivity index (χ2n) is 4.33. The monoisotopic (exact) mass is 240 g/mol. The minimum atomic E-state index is -0.918. The van der Waals surface area contributed by atoms with Gasteiger partial charge in [-0.25, -0.2) is 0 Å². The zero-order valence-electron chi connectivity index (χ0n) is 9.36. The average molecular weight is 240 g/mol. The SMILES string of the molecule is COc1c(C2(CC(=O)O)CC2)ccc(O)c1F. The van der Waals surface area contributed by atoms with E-state index in [0.717, 1.165) is 0 Å². The van der Waals surface area contributed by atoms with Crippen molar-refractivity contribution in [2.45, 2.75) is 24.7 Å². The lowest BCUT2D eigenvalue weighted by atomic mass is 9.91. The number of ether oxygens (including phenoxy) is 1. The number of hydrogen-bond donors (Lipinski definition) is 2. The van der Waals surface area contributed by atoms with Crippen LogP contribution in [-0.2, 0) is 10.2 Å². The molecule has 5 heteroatoms. The second-order valence-corrected chi connectivity index (χ2v) is 4.33. The summed E-state index contributed by atoms with van der Waals surface area (Å²) in [5.41, 5.74) is -0.0103. The Morgan fingerprint density at radius 2 is 2.18 bits per heavy atom. The van der Waals surface area contributed by atoms with Gasteiger partial charge in [-0.2, -0.15) is 4.39 Å². The number of phenols is 1. The van der Waals surface area contributed by atoms with Crippen LogP contribution < -0.4 is 4.74 Å². The first kappa shape index (κ1) is 11.7. The van der Waals surface area contributed by atoms with Gasteiger partial charge in [0.1, 0.15) is 0 Å². The smallest absolute Gasteiger partial charge is 0.304 e. The Balaban J connectivity index is 2.46. The van der Waals surface area contributed by atoms with Crippen LogP contribution in [0.25, 0.3) is 0 Å². The molecular formula is C12H13FO4. The minimum absolute atomic E-state index is 0.0480. The maximum Gasteiger partial charge on any atom is 0.304 e. The van der Waals surface area contributed by atoms with Crippen molar-refractivity contribution in [2.24, 2.45) is 0 Å². The van der Waals surface area contributed by atoms with Crippen LogP contribution in [0.5, 0.6) is 11.5 Å². The van der Waals surface area contributed by atoms with Crippen LogP contribution in [0.3, 0.4) is 0 Å². The summed E-state index contributed by atoms with van der Waals surface area (Å²) >= 11 is 0. The molecule has 0 saturated heterocycles. The van der Waals surface area contributed by atoms with Gasteiger partial charge in [0.05, 0.1) is 13.5 Å². The van der Waals surface area contributed by atoms with Gasteiger partial charge in [-0.15, -0.1) is 0 Å². The summed E-state index contributed by atoms with van der Waals surface area (Å²) in [7, 11) is 1.30. The van der Waals surface area contributed by atoms with Crippen LogP contribution in [0, 0.1) is 5.82 Å². The fraction of sp³-hybridized carbons (Fsp3) is 0.417. The number of methoxy groups -OCH3 is 1. The third kappa shape index (κ3) is 1.92. The quantitative estimate of drug-likeness (QED) is 0.845. The van der Waals surface area contributed by atoms with E-state index in [1.54, 1.807) is 0 Å². The van der Waals surface area contributed by atoms with Crippen LogP contribution in [0.2, 0.25) is 0 Å². The molecule has 0 aliphatic heterocycles. The van der Waals surface area contributed by atoms with Crippen LogP contribution in [0.4, 0.5) is 4.39 Å². The lowest BCUT2D eigenvalue weighted by Crippen LogP contribution is -2.14. The Hall–Kier alpha value is -1.78. The molecule has 1 aliphatic rings. The van der Waals surface area contributed by atoms with Crippen molar-refractivity contribution < 1.29 is 24.1 Å². The summed E-state index contributed by atoms with van der Waals surface area (Å²) in [5.74, 6) is -2.29. The number of carbonyl (C=O) groups is 1. The van der Waals surface area contributed by atoms with E-state index in [1.165, 1.54) is 19.2 Å². The molecule has 2 rings (SSSR count). The number of halogens is 1. The Labute approximate surface area is 97.6 Å². The molecule has 17 heavy (non-hydrogen) atoms. The van der Waals surface area contributed by atoms with Gasteiger partial charge in [-0.05, 0) is 18.9 Å². The van der Waals surface area contributed by atoms with Crippen molar-refractivity contribution in [2.75, 3.05) is 7.11 Å². The van der Waals surface area contributed by atoms with Gasteiger partial charge in [0, 0.05) is 11.0 Å². The molecule has 0 spiro atoms. The predicted molar refractivity (Wildman–Crippen MR) is 57.8 cm³/mol. The van der Waals surface area contributed by atoms with Gasteiger partial charge >= 0.3 is 5.97 Å². The maximum atomic E-state index is 13.6. The summed E-state index contributed by atoms with van der Waals surface area (Å²) in [6, 6.07) is 2.77. The third-order valence-corrected chi connectivity index (χ3v) is 3.20. The summed E-state index contributed by atoms with van der Waals surface area (Å²) in [5, 5.41) is 18.1. The second kappa shape index (κ2) is 3.91. The summed E-state index contributed by atoms with van der Waals surface area (Å²) in [6.45, 7) is 0. The molecule has 1 saturated carbocycles. The van der Waals surface area contributed by atoms with Crippen LogP contribution in [-0.4, -0.2) is 23.3 Å². The van der Waals surface area contributed by atoms with Gasteiger partial charge in [0.25, 0.3) is 0 Å². The number of benzene rings is 1. The van der Waals surface area contributed by atoms with Crippen molar-refractivity contribution in [3.63, 3.8) is 0 Å². The van der Waals surface area contributed by atoms with Crippen LogP contribution in [0.15, 0.2) is 12.1 Å². The molecule has 0 atom stereocenters. The van der Waals surface area contributed by atoms with E-state index in [0.29, 0.717) is 18.4 Å². The van der Waals surface area contributed by atoms with E-state index in [2.05, 4.69) is 0 Å². The van der Waals surface area contributed by atoms with E-state index in [4.69, 9.17) is 9.84 Å². The highest BCUT2D eigenvalue weighted by atomic mass is 19.1. The van der Waals surface area contributed by atoms with Gasteiger partial charge in [-0.3, -0.25) is 4.79 Å². The van der Waals surface area contributed by atoms with Crippen molar-refractivity contribution in [3.8, 4) is 11.5 Å². The normalized spacial score (nSPS) is 16.6. The Kier molecular flexibility index (Phi) is 2.69. The Bertz CT molecular complexity index is 466. The molecule has 92 valence electrons. The number of rotatable bonds is 4. The van der Waals surface area contributed by atoms with Crippen LogP contribution >= 0.6 is 0 Å². The lowest BCUT2D eigenvalue weighted by molar-refractivity contribution is -0.137. The summed E-state index contributed by atoms with van der Waals surface area (Å²) in [4.78, 5) is 10.8. The van der Waals surface area contributed by atoms with Gasteiger partial charge in [0.2, 0.25) is 5.82 Å². The first-order valence-electron chi connectivity index (χ1n) is 5.28. The lowest BCUT2D eigenvalue weighted by Gasteiger charge is -2.17. The van der Waals surface area contributed by atoms with Gasteiger partial charge in [0.15, 0.2) is 11.5 Å². The molecule has 1 aliphatic carbocycles. The number of carboxylic acids is 1. The van der Waals surface area contributed by atoms with Crippen molar-refractivity contribution in [1.82, 2.24) is 0 Å². The fourth-order valence-corrected chi connectivity index (χ4v) is 2.14. The van der Waals surface area contributed by atoms with E-state index < -0.39 is 23.0 Å². The highest BCUT2D eigenvalue weighted by molar-refractivity contribution is 5.70. The number of aliphatic carboxylic acids is 1. The highest BCUT2D eigenvalue weighted by Gasteiger charge is 2.48. The molecule has 0 radical (unpaired) electrons. The molecule has 1 aromatic carbocycles. The van der Waals surface area contributed by atoms with Crippen molar-refractivity contribution in [1.29, 1.82) is 0 Å². The van der Waals surface area contributed by atoms with Crippen LogP contribution in [0.1, 0.15) is 24.8 Å². The molecule has 2 N–H and O–H groups in total. The summed E-state index contributed by atoms with van der Waals surface area (Å²) in [6.07, 6.45) is 1.34. The molecule has 1 fully saturated rings. The topological polar surface area (TPSA) is 66.8 Å². The number of phenolic OH excluding ortho intramolecular Hbond substituents is 1. The van der Waals surface area contributed by atoms with E-state index >= 15 is 0 Å². The highest BCUT2D eigenvalue weighted by Crippen LogP contribution is 2.54. The Morgan fingerprint density at radius 1 is 1.53 bits per heavy atom. The van der Waals surface area contributed by atoms with Crippen molar-refractivity contribution in [3.05, 3.63) is 23.5 Å². The zero-order valence-corrected chi connectivity index (χ0v) is 9.36. The predicted octanol–water partition coefficient (Wildman–Crippen LogP) is 2.05. The first-order valence-corrected chi connectivity index (χ1v) is 5.28. The van der Waals surface area contributed by atoms with E-state index in [-0.39, 0.29) is 12.2 Å². The Morgan fingerprint density at radius 3 is 2.65 bits per heavy atom. The molecule has 0 bridgehead atoms. The third-order valence-electron chi connectivity index (χ3n) is 3.20. The fourth-order valence-electron chi connectivity index (χ4n) is 2.14. The number of hydrogen-bond acceptors (Lipinski definition) is 3. The molecule has 0 unspecified atom stereocenters. The largest absolute Gasteiger partial charge is 0.505 e. The molecule has 1 aromatic rings. The standard InChI is InChI=1S/C12H13FO4/c1-17-11-7(2-3-8(14)10(11)13)12(4-5-12)6-9(15)16/h2-3,14H,4-6H2,1H3,(H,15,16). The van der Waals surface area contributed by atoms with Gasteiger partial charge in [-0.1, -0.05) is 6.07 Å². The van der Waals surface area contributed by atoms with Gasteiger partial charge < -0.3 is 14.9 Å². The zero-order chi connectivity index (χ0) is 12.6. The first-order chi connectivity index (χ1) is 8.00. The number of aromatic hydroxyl groups is 1. The molecule has 0 aromatic heterocycles. The minimum Gasteiger partial charge on any atom is -0.505 e. The molecule has 0 amide bonds. The maximum absolute atomic E-state index is 13.6. The molecule has 0 heterocycles. The average Bonchev–Trinajstić information content (AvgIpc) is 3.01. The van der Waals surface area contributed by atoms with Crippen molar-refractivity contribution >= 4 is 5.97 Å². The number of carboxylic acid groups (broad SMARTS) is 1. The van der Waals surface area contributed by atoms with E-state index in [9.17, 15) is 14.3 Å². The summed E-state index contributed by atoms with van der Waals surface area (Å²) < 4.78 is 18.6. The van der Waals surface area contributed by atoms with E-state index in [1.807, 2.05) is 0 Å². The molecular weight excluding hydrogens is 227 g/mol. The molecule has 4 nitrogen and oxygen atoms in total.